The molecule has 1 N–H and O–H groups in total. The van der Waals surface area contributed by atoms with Crippen molar-refractivity contribution in [3.8, 4) is 5.75 Å². The molecule has 0 atom stereocenters. The van der Waals surface area contributed by atoms with Gasteiger partial charge in [-0.2, -0.15) is 0 Å². The van der Waals surface area contributed by atoms with Crippen LogP contribution in [0.5, 0.6) is 5.75 Å². The molecule has 0 radical (unpaired) electrons. The van der Waals surface area contributed by atoms with Crippen molar-refractivity contribution in [1.82, 2.24) is 0 Å². The fraction of sp³-hybridized carbons (Fsp3) is 0.0476. The van der Waals surface area contributed by atoms with Crippen LogP contribution in [0.15, 0.2) is 48.5 Å². The zero-order valence-corrected chi connectivity index (χ0v) is 19.9. The van der Waals surface area contributed by atoms with E-state index in [2.05, 4.69) is 5.32 Å². The monoisotopic (exact) mass is 535 g/mol. The molecule has 160 valence electrons. The Hall–Kier alpha value is -1.66. The maximum absolute atomic E-state index is 12.9. The van der Waals surface area contributed by atoms with Crippen LogP contribution in [-0.2, 0) is 4.79 Å². The molecule has 3 aromatic carbocycles. The van der Waals surface area contributed by atoms with Gasteiger partial charge in [-0.3, -0.25) is 9.59 Å². The van der Waals surface area contributed by atoms with E-state index in [1.807, 2.05) is 0 Å². The first-order valence-electron chi connectivity index (χ1n) is 8.54. The van der Waals surface area contributed by atoms with Gasteiger partial charge < -0.3 is 10.1 Å². The first kappa shape index (κ1) is 24.0. The molecule has 3 aromatic rings. The number of anilines is 1. The van der Waals surface area contributed by atoms with Gasteiger partial charge in [-0.25, -0.2) is 0 Å². The number of carbonyl (C=O) groups excluding carboxylic acids is 2. The van der Waals surface area contributed by atoms with Crippen LogP contribution in [0, 0.1) is 0 Å². The summed E-state index contributed by atoms with van der Waals surface area (Å²) in [6.45, 7) is -0.491. The molecule has 0 spiro atoms. The molecule has 31 heavy (non-hydrogen) atoms. The molecule has 10 heteroatoms. The first-order chi connectivity index (χ1) is 14.7. The van der Waals surface area contributed by atoms with E-state index in [0.29, 0.717) is 10.6 Å². The zero-order valence-electron chi connectivity index (χ0n) is 15.3. The highest BCUT2D eigenvalue weighted by Gasteiger charge is 2.22. The molecule has 0 bridgehead atoms. The fourth-order valence-electron chi connectivity index (χ4n) is 2.59. The van der Waals surface area contributed by atoms with Crippen molar-refractivity contribution in [2.75, 3.05) is 11.9 Å². The average Bonchev–Trinajstić information content (AvgIpc) is 2.77. The molecule has 3 rings (SSSR count). The summed E-state index contributed by atoms with van der Waals surface area (Å²) in [6, 6.07) is 13.1. The lowest BCUT2D eigenvalue weighted by Crippen LogP contribution is -2.22. The third-order valence-corrected chi connectivity index (χ3v) is 6.53. The van der Waals surface area contributed by atoms with E-state index in [1.165, 1.54) is 12.1 Å². The van der Waals surface area contributed by atoms with Crippen molar-refractivity contribution in [2.45, 2.75) is 0 Å². The minimum Gasteiger partial charge on any atom is -0.481 e. The summed E-state index contributed by atoms with van der Waals surface area (Å²) in [4.78, 5) is 25.3. The predicted molar refractivity (Wildman–Crippen MR) is 127 cm³/mol. The molecular formula is C21H11Cl6NO3. The van der Waals surface area contributed by atoms with E-state index in [1.54, 1.807) is 36.4 Å². The maximum Gasteiger partial charge on any atom is 0.262 e. The van der Waals surface area contributed by atoms with Gasteiger partial charge in [0.1, 0.15) is 10.0 Å². The van der Waals surface area contributed by atoms with Crippen LogP contribution in [0.2, 0.25) is 30.1 Å². The van der Waals surface area contributed by atoms with Crippen molar-refractivity contribution in [2.24, 2.45) is 0 Å². The Bertz CT molecular complexity index is 1140. The molecule has 0 aliphatic rings. The van der Waals surface area contributed by atoms with E-state index in [0.717, 1.165) is 0 Å². The molecule has 0 aromatic heterocycles. The average molecular weight is 538 g/mol. The normalized spacial score (nSPS) is 10.6. The lowest BCUT2D eigenvalue weighted by Gasteiger charge is -2.15. The summed E-state index contributed by atoms with van der Waals surface area (Å²) in [5.74, 6) is -0.977. The largest absolute Gasteiger partial charge is 0.481 e. The Labute approximate surface area is 207 Å². The van der Waals surface area contributed by atoms with Crippen molar-refractivity contribution >= 4 is 87.0 Å². The highest BCUT2D eigenvalue weighted by molar-refractivity contribution is 6.55. The van der Waals surface area contributed by atoms with Crippen LogP contribution < -0.4 is 10.1 Å². The van der Waals surface area contributed by atoms with E-state index < -0.39 is 12.5 Å². The van der Waals surface area contributed by atoms with E-state index in [9.17, 15) is 9.59 Å². The molecule has 0 saturated carbocycles. The Morgan fingerprint density at radius 1 is 0.774 bits per heavy atom. The summed E-state index contributed by atoms with van der Waals surface area (Å²) in [5.41, 5.74) is 0.928. The molecule has 0 saturated heterocycles. The van der Waals surface area contributed by atoms with Crippen molar-refractivity contribution in [3.63, 3.8) is 0 Å². The molecule has 0 aliphatic carbocycles. The third-order valence-electron chi connectivity index (χ3n) is 4.05. The molecule has 1 amide bonds. The van der Waals surface area contributed by atoms with Gasteiger partial charge in [0, 0.05) is 16.1 Å². The minimum atomic E-state index is -0.584. The van der Waals surface area contributed by atoms with Gasteiger partial charge in [-0.05, 0) is 18.2 Å². The van der Waals surface area contributed by atoms with Gasteiger partial charge >= 0.3 is 0 Å². The summed E-state index contributed by atoms with van der Waals surface area (Å²) < 4.78 is 5.41. The molecule has 4 nitrogen and oxygen atoms in total. The van der Waals surface area contributed by atoms with Gasteiger partial charge in [-0.15, -0.1) is 0 Å². The van der Waals surface area contributed by atoms with E-state index >= 15 is 0 Å². The summed E-state index contributed by atoms with van der Waals surface area (Å²) in [6.07, 6.45) is 0. The lowest BCUT2D eigenvalue weighted by atomic mass is 10.0. The van der Waals surface area contributed by atoms with Crippen molar-refractivity contribution in [1.29, 1.82) is 0 Å². The SMILES string of the molecule is O=C(COc1c(Cl)c(Cl)c(Cl)c(Cl)c1Cl)Nc1ccc(Cl)cc1C(=O)c1ccccc1. The Kier molecular flexibility index (Phi) is 7.98. The van der Waals surface area contributed by atoms with Crippen molar-refractivity contribution < 1.29 is 14.3 Å². The summed E-state index contributed by atoms with van der Waals surface area (Å²) >= 11 is 36.2. The van der Waals surface area contributed by atoms with Crippen molar-refractivity contribution in [3.05, 3.63) is 89.8 Å². The highest BCUT2D eigenvalue weighted by Crippen LogP contribution is 2.48. The Morgan fingerprint density at radius 3 is 1.97 bits per heavy atom. The van der Waals surface area contributed by atoms with Crippen LogP contribution >= 0.6 is 69.6 Å². The van der Waals surface area contributed by atoms with E-state index in [-0.39, 0.29) is 47.9 Å². The Balaban J connectivity index is 1.80. The quantitative estimate of drug-likeness (QED) is 0.198. The van der Waals surface area contributed by atoms with Crippen LogP contribution in [0.3, 0.4) is 0 Å². The van der Waals surface area contributed by atoms with E-state index in [4.69, 9.17) is 74.3 Å². The molecule has 0 unspecified atom stereocenters. The lowest BCUT2D eigenvalue weighted by molar-refractivity contribution is -0.118. The number of ketones is 1. The summed E-state index contributed by atoms with van der Waals surface area (Å²) in [5, 5.41) is 2.66. The zero-order chi connectivity index (χ0) is 22.7. The highest BCUT2D eigenvalue weighted by atomic mass is 35.5. The van der Waals surface area contributed by atoms with Gasteiger partial charge in [0.2, 0.25) is 0 Å². The Morgan fingerprint density at radius 2 is 1.35 bits per heavy atom. The fourth-order valence-corrected chi connectivity index (χ4v) is 4.00. The second kappa shape index (κ2) is 10.3. The number of rotatable bonds is 6. The van der Waals surface area contributed by atoms with Gasteiger partial charge in [0.15, 0.2) is 18.1 Å². The van der Waals surface area contributed by atoms with Gasteiger partial charge in [0.25, 0.3) is 5.91 Å². The molecule has 0 aliphatic heterocycles. The van der Waals surface area contributed by atoms with Gasteiger partial charge in [0.05, 0.1) is 20.8 Å². The van der Waals surface area contributed by atoms with Crippen LogP contribution in [-0.4, -0.2) is 18.3 Å². The standard InChI is InChI=1S/C21H11Cl6NO3/c22-11-6-7-13(12(8-11)20(30)10-4-2-1-3-5-10)28-14(29)9-31-21-18(26)16(24)15(23)17(25)19(21)27/h1-8H,9H2,(H,28,29). The van der Waals surface area contributed by atoms with Gasteiger partial charge in [-0.1, -0.05) is 99.9 Å². The second-order valence-electron chi connectivity index (χ2n) is 6.12. The third kappa shape index (κ3) is 5.40. The number of amides is 1. The number of carbonyl (C=O) groups is 2. The minimum absolute atomic E-state index is 0.0274. The number of ether oxygens (including phenoxy) is 1. The summed E-state index contributed by atoms with van der Waals surface area (Å²) in [7, 11) is 0. The van der Waals surface area contributed by atoms with Crippen LogP contribution in [0.4, 0.5) is 5.69 Å². The maximum atomic E-state index is 12.9. The predicted octanol–water partition coefficient (Wildman–Crippen LogP) is 7.86. The second-order valence-corrected chi connectivity index (χ2v) is 8.45. The number of benzene rings is 3. The van der Waals surface area contributed by atoms with Crippen LogP contribution in [0.25, 0.3) is 0 Å². The topological polar surface area (TPSA) is 55.4 Å². The molecular weight excluding hydrogens is 527 g/mol. The number of hydrogen-bond acceptors (Lipinski definition) is 3. The first-order valence-corrected chi connectivity index (χ1v) is 10.8. The number of nitrogens with one attached hydrogen (secondary N) is 1. The molecule has 0 heterocycles. The number of halogens is 6. The smallest absolute Gasteiger partial charge is 0.262 e. The van der Waals surface area contributed by atoms with Crippen LogP contribution in [0.1, 0.15) is 15.9 Å². The number of hydrogen-bond donors (Lipinski definition) is 1. The molecule has 0 fully saturated rings.